The Kier molecular flexibility index (Phi) is 8.20. The van der Waals surface area contributed by atoms with Crippen molar-refractivity contribution in [1.29, 1.82) is 0 Å². The van der Waals surface area contributed by atoms with Crippen LogP contribution in [0, 0.1) is 30.1 Å². The molecule has 9 heteroatoms. The number of guanidine groups is 1. The lowest BCUT2D eigenvalue weighted by Gasteiger charge is -2.34. The molecule has 1 unspecified atom stereocenters. The second-order valence-corrected chi connectivity index (χ2v) is 7.57. The first-order valence-corrected chi connectivity index (χ1v) is 10.6. The minimum absolute atomic E-state index is 0.131. The van der Waals surface area contributed by atoms with Crippen LogP contribution >= 0.6 is 0 Å². The number of carbonyl (C=O) groups is 1. The van der Waals surface area contributed by atoms with Crippen molar-refractivity contribution >= 4 is 17.6 Å². The van der Waals surface area contributed by atoms with Gasteiger partial charge in [-0.15, -0.1) is 6.42 Å². The van der Waals surface area contributed by atoms with Crippen LogP contribution in [-0.2, 0) is 4.79 Å². The maximum atomic E-state index is 13.4. The molecule has 0 bridgehead atoms. The fourth-order valence-electron chi connectivity index (χ4n) is 3.07. The van der Waals surface area contributed by atoms with E-state index in [-0.39, 0.29) is 12.1 Å². The van der Waals surface area contributed by atoms with Gasteiger partial charge in [0.05, 0.1) is 5.57 Å². The van der Waals surface area contributed by atoms with Gasteiger partial charge >= 0.3 is 0 Å². The van der Waals surface area contributed by atoms with Crippen LogP contribution in [0.15, 0.2) is 35.1 Å². The van der Waals surface area contributed by atoms with Crippen LogP contribution in [-0.4, -0.2) is 60.6 Å². The van der Waals surface area contributed by atoms with Crippen LogP contribution in [0.4, 0.5) is 10.1 Å². The van der Waals surface area contributed by atoms with Gasteiger partial charge < -0.3 is 15.5 Å². The summed E-state index contributed by atoms with van der Waals surface area (Å²) in [6.45, 7) is 0.505. The number of pyridine rings is 1. The third-order valence-electron chi connectivity index (χ3n) is 5.02. The van der Waals surface area contributed by atoms with E-state index in [9.17, 15) is 9.18 Å². The Balaban J connectivity index is 1.59. The van der Waals surface area contributed by atoms with Gasteiger partial charge in [0.2, 0.25) is 17.8 Å². The van der Waals surface area contributed by atoms with Crippen molar-refractivity contribution in [1.82, 2.24) is 25.8 Å². The van der Waals surface area contributed by atoms with E-state index in [1.54, 1.807) is 19.3 Å². The van der Waals surface area contributed by atoms with Gasteiger partial charge in [-0.3, -0.25) is 15.4 Å². The summed E-state index contributed by atoms with van der Waals surface area (Å²) in [5.41, 5.74) is 1.43. The normalized spacial score (nSPS) is 18.4. The van der Waals surface area contributed by atoms with Crippen molar-refractivity contribution in [3.05, 3.63) is 36.1 Å². The summed E-state index contributed by atoms with van der Waals surface area (Å²) in [7, 11) is 3.56. The molecular weight excluding hydrogens is 409 g/mol. The molecule has 2 heterocycles. The van der Waals surface area contributed by atoms with Gasteiger partial charge in [-0.1, -0.05) is 17.8 Å². The molecule has 4 N–H and O–H groups in total. The molecule has 2 aliphatic rings. The van der Waals surface area contributed by atoms with Crippen LogP contribution in [0.5, 0.6) is 0 Å². The molecule has 0 saturated heterocycles. The molecule has 3 rings (SSSR count). The second-order valence-electron chi connectivity index (χ2n) is 7.57. The Bertz CT molecular complexity index is 984. The zero-order valence-corrected chi connectivity index (χ0v) is 18.3. The van der Waals surface area contributed by atoms with Crippen molar-refractivity contribution in [2.45, 2.75) is 43.9 Å². The summed E-state index contributed by atoms with van der Waals surface area (Å²) >= 11 is 0. The molecule has 1 aliphatic carbocycles. The third-order valence-corrected chi connectivity index (χ3v) is 5.02. The lowest BCUT2D eigenvalue weighted by molar-refractivity contribution is -0.121. The highest BCUT2D eigenvalue weighted by atomic mass is 19.1. The average Bonchev–Trinajstić information content (AvgIpc) is 3.59. The van der Waals surface area contributed by atoms with Crippen LogP contribution in [0.1, 0.15) is 25.7 Å². The fraction of sp³-hybridized carbons (Fsp3) is 0.435. The van der Waals surface area contributed by atoms with Crippen LogP contribution in [0.25, 0.3) is 0 Å². The number of nitrogens with zero attached hydrogens (tertiary/aromatic N) is 3. The Morgan fingerprint density at radius 3 is 2.94 bits per heavy atom. The smallest absolute Gasteiger partial charge is 0.249 e. The van der Waals surface area contributed by atoms with Crippen molar-refractivity contribution < 1.29 is 9.18 Å². The monoisotopic (exact) mass is 437 g/mol. The first-order chi connectivity index (χ1) is 15.5. The molecule has 1 aromatic rings. The standard InChI is InChI=1S/C23H28FN7O/c1-4-19(25-2)22(32)27-12-7-5-6-8-16-15-28-23(30-18-11-13-26-20(24)14-18)31(3)21(16)29-17-9-10-17/h1,11,13-15,17,19,21,25,29H,5,7,9-10,12H2,2-3H3,(H,27,32)(H,26,28,30)/t19-,21?/m0/s1. The Hall–Kier alpha value is -3.40. The van der Waals surface area contributed by atoms with Crippen LogP contribution in [0.2, 0.25) is 0 Å². The number of aromatic nitrogens is 1. The molecule has 0 spiro atoms. The Morgan fingerprint density at radius 2 is 2.25 bits per heavy atom. The van der Waals surface area contributed by atoms with Gasteiger partial charge in [0.25, 0.3) is 0 Å². The summed E-state index contributed by atoms with van der Waals surface area (Å²) in [4.78, 5) is 21.8. The molecule has 1 fully saturated rings. The van der Waals surface area contributed by atoms with E-state index in [1.165, 1.54) is 12.3 Å². The molecule has 168 valence electrons. The lowest BCUT2D eigenvalue weighted by atomic mass is 10.1. The number of likely N-dealkylation sites (N-methyl/N-ethyl adjacent to an activating group) is 2. The van der Waals surface area contributed by atoms with E-state index in [1.807, 2.05) is 11.9 Å². The number of anilines is 1. The van der Waals surface area contributed by atoms with Gasteiger partial charge in [-0.2, -0.15) is 4.39 Å². The van der Waals surface area contributed by atoms with E-state index >= 15 is 0 Å². The summed E-state index contributed by atoms with van der Waals surface area (Å²) in [5.74, 6) is 8.58. The zero-order chi connectivity index (χ0) is 22.9. The van der Waals surface area contributed by atoms with E-state index in [4.69, 9.17) is 6.42 Å². The molecule has 8 nitrogen and oxygen atoms in total. The number of unbranched alkanes of at least 4 members (excludes halogenated alkanes) is 1. The third kappa shape index (κ3) is 6.55. The molecule has 0 aromatic carbocycles. The molecule has 1 aromatic heterocycles. The predicted octanol–water partition coefficient (Wildman–Crippen LogP) is 1.02. The van der Waals surface area contributed by atoms with E-state index < -0.39 is 12.0 Å². The number of nitrogens with one attached hydrogen (secondary N) is 4. The fourth-order valence-corrected chi connectivity index (χ4v) is 3.07. The van der Waals surface area contributed by atoms with Gasteiger partial charge in [-0.25, -0.2) is 9.98 Å². The molecule has 0 radical (unpaired) electrons. The number of halogens is 1. The lowest BCUT2D eigenvalue weighted by Crippen LogP contribution is -2.52. The number of hydrogen-bond donors (Lipinski definition) is 4. The van der Waals surface area contributed by atoms with Gasteiger partial charge in [0.15, 0.2) is 0 Å². The number of terminal acetylenes is 1. The van der Waals surface area contributed by atoms with Crippen molar-refractivity contribution in [2.75, 3.05) is 26.0 Å². The minimum atomic E-state index is -0.623. The van der Waals surface area contributed by atoms with Crippen molar-refractivity contribution in [3.8, 4) is 24.2 Å². The number of amides is 1. The van der Waals surface area contributed by atoms with Crippen molar-refractivity contribution in [3.63, 3.8) is 0 Å². The number of carbonyl (C=O) groups excluding carboxylic acids is 1. The van der Waals surface area contributed by atoms with Crippen LogP contribution in [0.3, 0.4) is 0 Å². The SMILES string of the molecule is C#C[C@H](NC)C(=O)NCCCC#CC1=CN=C(Nc2ccnc(F)c2)N(C)C1NC1CC1. The molecule has 1 saturated carbocycles. The van der Waals surface area contributed by atoms with Crippen LogP contribution < -0.4 is 21.3 Å². The zero-order valence-electron chi connectivity index (χ0n) is 18.3. The van der Waals surface area contributed by atoms with Gasteiger partial charge in [0.1, 0.15) is 12.2 Å². The van der Waals surface area contributed by atoms with E-state index in [0.717, 1.165) is 18.4 Å². The quantitative estimate of drug-likeness (QED) is 0.276. The highest BCUT2D eigenvalue weighted by Gasteiger charge is 2.31. The molecule has 1 aliphatic heterocycles. The highest BCUT2D eigenvalue weighted by Crippen LogP contribution is 2.23. The number of aliphatic imine (C=N–C) groups is 1. The second kappa shape index (κ2) is 11.3. The first kappa shape index (κ1) is 23.3. The molecule has 1 amide bonds. The minimum Gasteiger partial charge on any atom is -0.354 e. The molecule has 32 heavy (non-hydrogen) atoms. The number of rotatable bonds is 8. The topological polar surface area (TPSA) is 93.7 Å². The highest BCUT2D eigenvalue weighted by molar-refractivity contribution is 5.95. The summed E-state index contributed by atoms with van der Waals surface area (Å²) in [6, 6.07) is 2.84. The molecule has 2 atom stereocenters. The van der Waals surface area contributed by atoms with Gasteiger partial charge in [-0.05, 0) is 32.4 Å². The summed E-state index contributed by atoms with van der Waals surface area (Å²) < 4.78 is 13.4. The maximum Gasteiger partial charge on any atom is 0.249 e. The Morgan fingerprint density at radius 1 is 1.44 bits per heavy atom. The van der Waals surface area contributed by atoms with E-state index in [0.29, 0.717) is 37.1 Å². The number of hydrogen-bond acceptors (Lipinski definition) is 7. The first-order valence-electron chi connectivity index (χ1n) is 10.6. The largest absolute Gasteiger partial charge is 0.354 e. The summed E-state index contributed by atoms with van der Waals surface area (Å²) in [6.07, 6.45) is 11.9. The predicted molar refractivity (Wildman–Crippen MR) is 123 cm³/mol. The van der Waals surface area contributed by atoms with E-state index in [2.05, 4.69) is 49.0 Å². The molecular formula is C23H28FN7O. The van der Waals surface area contributed by atoms with Crippen molar-refractivity contribution in [2.24, 2.45) is 4.99 Å². The maximum absolute atomic E-state index is 13.4. The Labute approximate surface area is 188 Å². The van der Waals surface area contributed by atoms with Gasteiger partial charge in [0, 0.05) is 50.2 Å². The average molecular weight is 438 g/mol. The summed E-state index contributed by atoms with van der Waals surface area (Å²) in [5, 5.41) is 12.3.